The molecule has 0 aliphatic rings. The van der Waals surface area contributed by atoms with E-state index in [0.717, 1.165) is 21.8 Å². The molecule has 0 amide bonds. The standard InChI is InChI=1S/C11H12BrN5S/c1-13-9-4-10(17-11(16-9)18-2)15-8-3-7(12)5-14-6-8/h3-6H,1-2H3,(H2,13,15,16,17). The van der Waals surface area contributed by atoms with E-state index in [4.69, 9.17) is 0 Å². The number of hydrogen-bond acceptors (Lipinski definition) is 6. The molecule has 0 radical (unpaired) electrons. The molecule has 5 nitrogen and oxygen atoms in total. The maximum absolute atomic E-state index is 4.38. The van der Waals surface area contributed by atoms with Crippen LogP contribution in [0, 0.1) is 0 Å². The maximum atomic E-state index is 4.38. The Labute approximate surface area is 118 Å². The van der Waals surface area contributed by atoms with Crippen molar-refractivity contribution in [3.63, 3.8) is 0 Å². The Morgan fingerprint density at radius 2 is 1.94 bits per heavy atom. The minimum absolute atomic E-state index is 0.715. The van der Waals surface area contributed by atoms with Crippen LogP contribution in [-0.2, 0) is 0 Å². The molecular formula is C11H12BrN5S. The predicted octanol–water partition coefficient (Wildman–Crippen LogP) is 3.14. The Bertz CT molecular complexity index is 526. The number of nitrogens with one attached hydrogen (secondary N) is 2. The van der Waals surface area contributed by atoms with E-state index < -0.39 is 0 Å². The minimum atomic E-state index is 0.715. The number of hydrogen-bond donors (Lipinski definition) is 2. The Hall–Kier alpha value is -1.34. The normalized spacial score (nSPS) is 10.2. The molecule has 0 bridgehead atoms. The molecule has 0 fully saturated rings. The van der Waals surface area contributed by atoms with Crippen LogP contribution in [0.4, 0.5) is 17.3 Å². The second-order valence-corrected chi connectivity index (χ2v) is 5.08. The third kappa shape index (κ3) is 3.33. The van der Waals surface area contributed by atoms with Gasteiger partial charge in [-0.3, -0.25) is 4.98 Å². The highest BCUT2D eigenvalue weighted by Crippen LogP contribution is 2.21. The molecule has 0 saturated carbocycles. The molecule has 18 heavy (non-hydrogen) atoms. The van der Waals surface area contributed by atoms with Crippen LogP contribution in [0.5, 0.6) is 0 Å². The van der Waals surface area contributed by atoms with Crippen molar-refractivity contribution < 1.29 is 0 Å². The van der Waals surface area contributed by atoms with Crippen molar-refractivity contribution in [3.05, 3.63) is 29.0 Å². The lowest BCUT2D eigenvalue weighted by Crippen LogP contribution is -2.00. The molecule has 0 aliphatic heterocycles. The summed E-state index contributed by atoms with van der Waals surface area (Å²) in [6, 6.07) is 3.79. The van der Waals surface area contributed by atoms with Crippen LogP contribution in [0.2, 0.25) is 0 Å². The maximum Gasteiger partial charge on any atom is 0.191 e. The molecule has 0 spiro atoms. The van der Waals surface area contributed by atoms with Gasteiger partial charge in [-0.1, -0.05) is 11.8 Å². The smallest absolute Gasteiger partial charge is 0.191 e. The van der Waals surface area contributed by atoms with E-state index in [9.17, 15) is 0 Å². The van der Waals surface area contributed by atoms with E-state index in [-0.39, 0.29) is 0 Å². The van der Waals surface area contributed by atoms with Gasteiger partial charge in [-0.2, -0.15) is 0 Å². The first-order valence-electron chi connectivity index (χ1n) is 5.19. The first kappa shape index (κ1) is 13.1. The Morgan fingerprint density at radius 3 is 2.61 bits per heavy atom. The summed E-state index contributed by atoms with van der Waals surface area (Å²) in [5.74, 6) is 1.51. The second-order valence-electron chi connectivity index (χ2n) is 3.39. The molecule has 0 atom stereocenters. The van der Waals surface area contributed by atoms with Crippen molar-refractivity contribution in [3.8, 4) is 0 Å². The zero-order chi connectivity index (χ0) is 13.0. The molecule has 2 heterocycles. The number of rotatable bonds is 4. The first-order valence-corrected chi connectivity index (χ1v) is 7.21. The molecule has 94 valence electrons. The average Bonchev–Trinajstić information content (AvgIpc) is 2.38. The lowest BCUT2D eigenvalue weighted by molar-refractivity contribution is 0.977. The van der Waals surface area contributed by atoms with Gasteiger partial charge in [0, 0.05) is 23.8 Å². The van der Waals surface area contributed by atoms with Crippen molar-refractivity contribution in [1.29, 1.82) is 0 Å². The van der Waals surface area contributed by atoms with Crippen molar-refractivity contribution in [2.24, 2.45) is 0 Å². The average molecular weight is 326 g/mol. The van der Waals surface area contributed by atoms with Crippen molar-refractivity contribution in [2.45, 2.75) is 5.16 Å². The van der Waals surface area contributed by atoms with Crippen LogP contribution in [0.15, 0.2) is 34.2 Å². The van der Waals surface area contributed by atoms with E-state index in [1.165, 1.54) is 11.8 Å². The van der Waals surface area contributed by atoms with Crippen LogP contribution in [0.3, 0.4) is 0 Å². The van der Waals surface area contributed by atoms with E-state index in [1.807, 2.05) is 25.4 Å². The number of thioether (sulfide) groups is 1. The Kier molecular flexibility index (Phi) is 4.38. The molecule has 0 aromatic carbocycles. The number of nitrogens with zero attached hydrogens (tertiary/aromatic N) is 3. The third-order valence-corrected chi connectivity index (χ3v) is 3.10. The van der Waals surface area contributed by atoms with Gasteiger partial charge < -0.3 is 10.6 Å². The fourth-order valence-electron chi connectivity index (χ4n) is 1.34. The van der Waals surface area contributed by atoms with Crippen LogP contribution < -0.4 is 10.6 Å². The summed E-state index contributed by atoms with van der Waals surface area (Å²) in [5.41, 5.74) is 0.872. The summed E-state index contributed by atoms with van der Waals surface area (Å²) in [6.07, 6.45) is 5.42. The van der Waals surface area contributed by atoms with Crippen molar-refractivity contribution >= 4 is 45.0 Å². The lowest BCUT2D eigenvalue weighted by atomic mass is 10.4. The van der Waals surface area contributed by atoms with Gasteiger partial charge >= 0.3 is 0 Å². The zero-order valence-electron chi connectivity index (χ0n) is 9.94. The highest BCUT2D eigenvalue weighted by molar-refractivity contribution is 9.10. The highest BCUT2D eigenvalue weighted by atomic mass is 79.9. The van der Waals surface area contributed by atoms with E-state index in [1.54, 1.807) is 12.4 Å². The summed E-state index contributed by atoms with van der Waals surface area (Å²) in [5, 5.41) is 6.92. The highest BCUT2D eigenvalue weighted by Gasteiger charge is 2.04. The molecule has 0 unspecified atom stereocenters. The molecule has 7 heteroatoms. The van der Waals surface area contributed by atoms with Gasteiger partial charge in [0.25, 0.3) is 0 Å². The summed E-state index contributed by atoms with van der Waals surface area (Å²) in [4.78, 5) is 12.8. The molecular weight excluding hydrogens is 314 g/mol. The number of halogens is 1. The quantitative estimate of drug-likeness (QED) is 0.665. The Morgan fingerprint density at radius 1 is 1.17 bits per heavy atom. The molecule has 2 aromatic heterocycles. The summed E-state index contributed by atoms with van der Waals surface area (Å²) in [7, 11) is 1.83. The first-order chi connectivity index (χ1) is 8.71. The number of pyridine rings is 1. The fourth-order valence-corrected chi connectivity index (χ4v) is 2.08. The summed E-state index contributed by atoms with van der Waals surface area (Å²) in [6.45, 7) is 0. The van der Waals surface area contributed by atoms with Gasteiger partial charge in [-0.05, 0) is 28.3 Å². The van der Waals surface area contributed by atoms with Crippen LogP contribution >= 0.6 is 27.7 Å². The minimum Gasteiger partial charge on any atom is -0.373 e. The molecule has 0 aliphatic carbocycles. The molecule has 2 aromatic rings. The van der Waals surface area contributed by atoms with Crippen LogP contribution in [-0.4, -0.2) is 28.3 Å². The monoisotopic (exact) mass is 325 g/mol. The lowest BCUT2D eigenvalue weighted by Gasteiger charge is -2.08. The van der Waals surface area contributed by atoms with Gasteiger partial charge in [0.05, 0.1) is 11.9 Å². The third-order valence-electron chi connectivity index (χ3n) is 2.12. The topological polar surface area (TPSA) is 62.7 Å². The van der Waals surface area contributed by atoms with Crippen molar-refractivity contribution in [1.82, 2.24) is 15.0 Å². The van der Waals surface area contributed by atoms with Gasteiger partial charge in [0.1, 0.15) is 11.6 Å². The van der Waals surface area contributed by atoms with E-state index in [0.29, 0.717) is 5.16 Å². The van der Waals surface area contributed by atoms with Gasteiger partial charge in [-0.15, -0.1) is 0 Å². The fraction of sp³-hybridized carbons (Fsp3) is 0.182. The zero-order valence-corrected chi connectivity index (χ0v) is 12.3. The summed E-state index contributed by atoms with van der Waals surface area (Å²) >= 11 is 4.88. The van der Waals surface area contributed by atoms with Gasteiger partial charge in [0.2, 0.25) is 0 Å². The molecule has 2 rings (SSSR count). The SMILES string of the molecule is CNc1cc(Nc2cncc(Br)c2)nc(SC)n1. The second kappa shape index (κ2) is 6.01. The largest absolute Gasteiger partial charge is 0.373 e. The summed E-state index contributed by atoms with van der Waals surface area (Å²) < 4.78 is 0.917. The van der Waals surface area contributed by atoms with Crippen LogP contribution in [0.25, 0.3) is 0 Å². The van der Waals surface area contributed by atoms with Gasteiger partial charge in [-0.25, -0.2) is 9.97 Å². The number of anilines is 3. The van der Waals surface area contributed by atoms with E-state index in [2.05, 4.69) is 41.5 Å². The Balaban J connectivity index is 2.28. The number of aromatic nitrogens is 3. The van der Waals surface area contributed by atoms with Crippen molar-refractivity contribution in [2.75, 3.05) is 23.9 Å². The van der Waals surface area contributed by atoms with E-state index >= 15 is 0 Å². The predicted molar refractivity (Wildman–Crippen MR) is 78.6 cm³/mol. The molecule has 0 saturated heterocycles. The van der Waals surface area contributed by atoms with Gasteiger partial charge in [0.15, 0.2) is 5.16 Å². The molecule has 2 N–H and O–H groups in total. The van der Waals surface area contributed by atoms with Crippen LogP contribution in [0.1, 0.15) is 0 Å².